The van der Waals surface area contributed by atoms with E-state index in [4.69, 9.17) is 5.11 Å². The van der Waals surface area contributed by atoms with Gasteiger partial charge in [-0.25, -0.2) is 17.6 Å². The van der Waals surface area contributed by atoms with Gasteiger partial charge in [0.05, 0.1) is 4.90 Å². The number of aliphatic carboxylic acids is 1. The molecule has 1 aromatic carbocycles. The highest BCUT2D eigenvalue weighted by molar-refractivity contribution is 7.89. The van der Waals surface area contributed by atoms with Crippen molar-refractivity contribution in [3.05, 3.63) is 29.6 Å². The predicted octanol–water partition coefficient (Wildman–Crippen LogP) is 1.21. The molecule has 0 bridgehead atoms. The molecule has 0 aliphatic heterocycles. The lowest BCUT2D eigenvalue weighted by atomic mass is 10.1. The summed E-state index contributed by atoms with van der Waals surface area (Å²) in [4.78, 5) is 16.7. The summed E-state index contributed by atoms with van der Waals surface area (Å²) in [6.45, 7) is 3.88. The highest BCUT2D eigenvalue weighted by Crippen LogP contribution is 2.15. The van der Waals surface area contributed by atoms with Crippen LogP contribution in [-0.4, -0.2) is 25.1 Å². The van der Waals surface area contributed by atoms with Crippen LogP contribution in [0.4, 0.5) is 4.39 Å². The van der Waals surface area contributed by atoms with E-state index in [2.05, 4.69) is 4.84 Å². The molecule has 8 heteroatoms. The van der Waals surface area contributed by atoms with Crippen LogP contribution in [-0.2, 0) is 19.7 Å². The van der Waals surface area contributed by atoms with Crippen LogP contribution in [0.15, 0.2) is 23.1 Å². The average molecular weight is 291 g/mol. The fraction of sp³-hybridized carbons (Fsp3) is 0.364. The molecular formula is C11H14FNO5S. The summed E-state index contributed by atoms with van der Waals surface area (Å²) >= 11 is 0. The Labute approximate surface area is 110 Å². The van der Waals surface area contributed by atoms with Crippen molar-refractivity contribution in [3.63, 3.8) is 0 Å². The lowest BCUT2D eigenvalue weighted by Gasteiger charge is -2.19. The number of rotatable bonds is 5. The summed E-state index contributed by atoms with van der Waals surface area (Å²) in [5.41, 5.74) is -1.33. The first kappa shape index (κ1) is 15.5. The van der Waals surface area contributed by atoms with Gasteiger partial charge in [-0.3, -0.25) is 4.84 Å². The monoisotopic (exact) mass is 291 g/mol. The Balaban J connectivity index is 2.97. The van der Waals surface area contributed by atoms with E-state index < -0.39 is 27.4 Å². The van der Waals surface area contributed by atoms with Crippen molar-refractivity contribution >= 4 is 16.0 Å². The van der Waals surface area contributed by atoms with Gasteiger partial charge in [-0.15, -0.1) is 0 Å². The maximum absolute atomic E-state index is 13.1. The fourth-order valence-electron chi connectivity index (χ4n) is 1.11. The van der Waals surface area contributed by atoms with Gasteiger partial charge in [-0.1, -0.05) is 4.89 Å². The molecule has 0 radical (unpaired) electrons. The van der Waals surface area contributed by atoms with E-state index in [-0.39, 0.29) is 4.90 Å². The first-order valence-electron chi connectivity index (χ1n) is 5.25. The topological polar surface area (TPSA) is 92.7 Å². The molecule has 0 saturated heterocycles. The molecular weight excluding hydrogens is 277 g/mol. The van der Waals surface area contributed by atoms with Crippen molar-refractivity contribution in [2.45, 2.75) is 31.3 Å². The summed E-state index contributed by atoms with van der Waals surface area (Å²) in [6.07, 6.45) is 0. The maximum Gasteiger partial charge on any atom is 0.337 e. The Morgan fingerprint density at radius 1 is 1.37 bits per heavy atom. The van der Waals surface area contributed by atoms with Gasteiger partial charge in [-0.2, -0.15) is 0 Å². The van der Waals surface area contributed by atoms with Gasteiger partial charge in [0.2, 0.25) is 0 Å². The number of carboxylic acid groups (broad SMARTS) is 1. The molecule has 0 saturated carbocycles. The minimum Gasteiger partial charge on any atom is -0.479 e. The lowest BCUT2D eigenvalue weighted by Crippen LogP contribution is -2.41. The zero-order valence-electron chi connectivity index (χ0n) is 10.6. The second-order valence-electron chi connectivity index (χ2n) is 4.47. The van der Waals surface area contributed by atoms with Crippen LogP contribution in [0, 0.1) is 12.7 Å². The molecule has 19 heavy (non-hydrogen) atoms. The van der Waals surface area contributed by atoms with Crippen molar-refractivity contribution in [2.24, 2.45) is 0 Å². The predicted molar refractivity (Wildman–Crippen MR) is 64.3 cm³/mol. The zero-order valence-corrected chi connectivity index (χ0v) is 11.4. The average Bonchev–Trinajstić information content (AvgIpc) is 2.25. The minimum absolute atomic E-state index is 0.341. The fourth-order valence-corrected chi connectivity index (χ4v) is 2.13. The molecule has 0 aliphatic rings. The van der Waals surface area contributed by atoms with Crippen LogP contribution in [0.5, 0.6) is 0 Å². The van der Waals surface area contributed by atoms with Gasteiger partial charge in [0.15, 0.2) is 5.60 Å². The van der Waals surface area contributed by atoms with Crippen LogP contribution in [0.25, 0.3) is 0 Å². The Kier molecular flexibility index (Phi) is 4.28. The van der Waals surface area contributed by atoms with Gasteiger partial charge < -0.3 is 5.11 Å². The standard InChI is InChI=1S/C11H14FNO5S/c1-7-4-8(12)6-9(5-7)19(16,17)13-18-11(2,3)10(14)15/h4-6,13H,1-3H3,(H,14,15). The molecule has 6 nitrogen and oxygen atoms in total. The zero-order chi connectivity index (χ0) is 14.8. The molecule has 0 spiro atoms. The summed E-state index contributed by atoms with van der Waals surface area (Å²) in [5, 5.41) is 8.78. The van der Waals surface area contributed by atoms with Crippen molar-refractivity contribution in [2.75, 3.05) is 0 Å². The van der Waals surface area contributed by atoms with Crippen LogP contribution in [0.1, 0.15) is 19.4 Å². The molecule has 0 atom stereocenters. The van der Waals surface area contributed by atoms with Crippen molar-refractivity contribution in [1.82, 2.24) is 4.89 Å². The third-order valence-corrected chi connectivity index (χ3v) is 3.41. The van der Waals surface area contributed by atoms with E-state index >= 15 is 0 Å². The first-order valence-corrected chi connectivity index (χ1v) is 6.73. The summed E-state index contributed by atoms with van der Waals surface area (Å²) in [7, 11) is -4.15. The number of nitrogens with one attached hydrogen (secondary N) is 1. The maximum atomic E-state index is 13.1. The number of benzene rings is 1. The minimum atomic E-state index is -4.15. The van der Waals surface area contributed by atoms with Crippen molar-refractivity contribution in [3.8, 4) is 0 Å². The second kappa shape index (κ2) is 5.24. The number of carbonyl (C=O) groups is 1. The molecule has 0 amide bonds. The Morgan fingerprint density at radius 3 is 2.42 bits per heavy atom. The highest BCUT2D eigenvalue weighted by atomic mass is 32.2. The summed E-state index contributed by atoms with van der Waals surface area (Å²) in [5.74, 6) is -2.05. The van der Waals surface area contributed by atoms with E-state index in [1.54, 1.807) is 4.89 Å². The van der Waals surface area contributed by atoms with E-state index in [0.29, 0.717) is 5.56 Å². The SMILES string of the molecule is Cc1cc(F)cc(S(=O)(=O)NOC(C)(C)C(=O)O)c1. The second-order valence-corrected chi connectivity index (χ2v) is 6.11. The Bertz CT molecular complexity index is 577. The Hall–Kier alpha value is -1.51. The first-order chi connectivity index (χ1) is 8.54. The van der Waals surface area contributed by atoms with Crippen LogP contribution >= 0.6 is 0 Å². The third-order valence-electron chi connectivity index (χ3n) is 2.25. The number of aryl methyl sites for hydroxylation is 1. The largest absolute Gasteiger partial charge is 0.479 e. The van der Waals surface area contributed by atoms with Crippen molar-refractivity contribution in [1.29, 1.82) is 0 Å². The number of hydrogen-bond donors (Lipinski definition) is 2. The molecule has 2 N–H and O–H groups in total. The van der Waals surface area contributed by atoms with Crippen LogP contribution in [0.3, 0.4) is 0 Å². The third kappa shape index (κ3) is 3.98. The quantitative estimate of drug-likeness (QED) is 0.795. The van der Waals surface area contributed by atoms with Gasteiger partial charge in [-0.05, 0) is 44.5 Å². The number of halogens is 1. The molecule has 0 fully saturated rings. The molecule has 0 aliphatic carbocycles. The molecule has 0 aromatic heterocycles. The van der Waals surface area contributed by atoms with E-state index in [1.165, 1.54) is 32.9 Å². The van der Waals surface area contributed by atoms with Gasteiger partial charge in [0.25, 0.3) is 10.0 Å². The smallest absolute Gasteiger partial charge is 0.337 e. The molecule has 0 heterocycles. The van der Waals surface area contributed by atoms with Crippen LogP contribution in [0.2, 0.25) is 0 Å². The van der Waals surface area contributed by atoms with Gasteiger partial charge in [0, 0.05) is 0 Å². The van der Waals surface area contributed by atoms with E-state index in [9.17, 15) is 17.6 Å². The summed E-state index contributed by atoms with van der Waals surface area (Å²) in [6, 6.07) is 3.22. The number of sulfonamides is 1. The lowest BCUT2D eigenvalue weighted by molar-refractivity contribution is -0.165. The molecule has 1 rings (SSSR count). The summed E-state index contributed by atoms with van der Waals surface area (Å²) < 4.78 is 36.8. The molecule has 106 valence electrons. The van der Waals surface area contributed by atoms with Gasteiger partial charge >= 0.3 is 5.97 Å². The Morgan fingerprint density at radius 2 is 1.95 bits per heavy atom. The molecule has 0 unspecified atom stereocenters. The van der Waals surface area contributed by atoms with Gasteiger partial charge in [0.1, 0.15) is 5.82 Å². The van der Waals surface area contributed by atoms with Crippen LogP contribution < -0.4 is 4.89 Å². The van der Waals surface area contributed by atoms with Crippen molar-refractivity contribution < 1.29 is 27.5 Å². The number of carboxylic acids is 1. The number of hydrogen-bond acceptors (Lipinski definition) is 4. The molecule has 1 aromatic rings. The van der Waals surface area contributed by atoms with E-state index in [0.717, 1.165) is 6.07 Å². The highest BCUT2D eigenvalue weighted by Gasteiger charge is 2.31. The van der Waals surface area contributed by atoms with E-state index in [1.807, 2.05) is 0 Å². The normalized spacial score (nSPS) is 12.4.